The van der Waals surface area contributed by atoms with Crippen LogP contribution in [0.5, 0.6) is 0 Å². The van der Waals surface area contributed by atoms with Crippen molar-refractivity contribution in [3.05, 3.63) is 55.1 Å². The van der Waals surface area contributed by atoms with Crippen LogP contribution in [0.15, 0.2) is 44.7 Å². The average Bonchev–Trinajstić information content (AvgIpc) is 2.77. The Morgan fingerprint density at radius 2 is 1.78 bits per heavy atom. The van der Waals surface area contributed by atoms with E-state index in [1.807, 2.05) is 0 Å². The molecule has 0 aliphatic rings. The molecule has 18 heavy (non-hydrogen) atoms. The molecule has 1 aromatic heterocycles. The lowest BCUT2D eigenvalue weighted by molar-refractivity contribution is 0.536. The van der Waals surface area contributed by atoms with Gasteiger partial charge in [-0.1, -0.05) is 28.1 Å². The summed E-state index contributed by atoms with van der Waals surface area (Å²) in [5, 5.41) is 2.12. The molecule has 0 radical (unpaired) electrons. The normalized spacial score (nSPS) is 12.6. The highest BCUT2D eigenvalue weighted by Gasteiger charge is 2.12. The Kier molecular flexibility index (Phi) is 5.42. The van der Waals surface area contributed by atoms with Gasteiger partial charge in [-0.3, -0.25) is 0 Å². The van der Waals surface area contributed by atoms with Crippen LogP contribution in [0.4, 0.5) is 0 Å². The van der Waals surface area contributed by atoms with Gasteiger partial charge >= 0.3 is 0 Å². The highest BCUT2D eigenvalue weighted by Crippen LogP contribution is 2.26. The molecule has 2 N–H and O–H groups in total. The molecule has 2 aromatic rings. The van der Waals surface area contributed by atoms with Crippen LogP contribution in [-0.4, -0.2) is 6.54 Å². The second-order valence-electron chi connectivity index (χ2n) is 4.33. The number of nitrogens with two attached hydrogens (primary N) is 1. The van der Waals surface area contributed by atoms with E-state index in [9.17, 15) is 0 Å². The smallest absolute Gasteiger partial charge is 0.0314 e. The maximum Gasteiger partial charge on any atom is 0.0314 e. The Bertz CT molecular complexity index is 493. The van der Waals surface area contributed by atoms with Crippen LogP contribution in [0.1, 0.15) is 10.4 Å². The molecule has 0 saturated carbocycles. The average molecular weight is 389 g/mol. The summed E-state index contributed by atoms with van der Waals surface area (Å²) in [4.78, 5) is 1.39. The highest BCUT2D eigenvalue weighted by atomic mass is 79.9. The molecular weight excluding hydrogens is 374 g/mol. The molecule has 0 bridgehead atoms. The fraction of sp³-hybridized carbons (Fsp3) is 0.286. The van der Waals surface area contributed by atoms with Crippen LogP contribution in [0, 0.1) is 5.92 Å². The van der Waals surface area contributed by atoms with Crippen molar-refractivity contribution in [3.63, 3.8) is 0 Å². The summed E-state index contributed by atoms with van der Waals surface area (Å²) in [5.74, 6) is 0.501. The van der Waals surface area contributed by atoms with E-state index in [1.165, 1.54) is 14.9 Å². The molecule has 96 valence electrons. The minimum atomic E-state index is 0.501. The van der Waals surface area contributed by atoms with Crippen LogP contribution in [0.2, 0.25) is 0 Å². The summed E-state index contributed by atoms with van der Waals surface area (Å²) in [6, 6.07) is 10.6. The molecule has 0 spiro atoms. The molecule has 0 fully saturated rings. The van der Waals surface area contributed by atoms with Gasteiger partial charge in [0, 0.05) is 13.8 Å². The minimum Gasteiger partial charge on any atom is -0.330 e. The summed E-state index contributed by atoms with van der Waals surface area (Å²) in [6.07, 6.45) is 2.08. The number of halogens is 2. The maximum atomic E-state index is 5.90. The third-order valence-electron chi connectivity index (χ3n) is 2.94. The van der Waals surface area contributed by atoms with Gasteiger partial charge in [-0.2, -0.15) is 0 Å². The van der Waals surface area contributed by atoms with Crippen LogP contribution in [-0.2, 0) is 12.8 Å². The van der Waals surface area contributed by atoms with E-state index in [2.05, 4.69) is 67.6 Å². The van der Waals surface area contributed by atoms with Crippen molar-refractivity contribution < 1.29 is 0 Å². The van der Waals surface area contributed by atoms with Crippen molar-refractivity contribution in [3.8, 4) is 0 Å². The van der Waals surface area contributed by atoms with Gasteiger partial charge in [0.05, 0.1) is 0 Å². The highest BCUT2D eigenvalue weighted by molar-refractivity contribution is 9.10. The van der Waals surface area contributed by atoms with E-state index in [1.54, 1.807) is 11.3 Å². The van der Waals surface area contributed by atoms with E-state index in [0.29, 0.717) is 5.92 Å². The van der Waals surface area contributed by atoms with Gasteiger partial charge in [0.2, 0.25) is 0 Å². The first-order chi connectivity index (χ1) is 8.69. The second kappa shape index (κ2) is 6.85. The molecule has 1 nitrogen and oxygen atoms in total. The summed E-state index contributed by atoms with van der Waals surface area (Å²) in [6.45, 7) is 0.723. The van der Waals surface area contributed by atoms with Crippen LogP contribution in [0.25, 0.3) is 0 Å². The Labute approximate surface area is 129 Å². The molecule has 1 heterocycles. The molecule has 0 aliphatic heterocycles. The number of benzene rings is 1. The molecule has 1 unspecified atom stereocenters. The monoisotopic (exact) mass is 387 g/mol. The van der Waals surface area contributed by atoms with Crippen molar-refractivity contribution in [2.24, 2.45) is 11.7 Å². The first-order valence-corrected chi connectivity index (χ1v) is 8.32. The number of hydrogen-bond donors (Lipinski definition) is 1. The van der Waals surface area contributed by atoms with E-state index in [-0.39, 0.29) is 0 Å². The van der Waals surface area contributed by atoms with Gasteiger partial charge in [0.15, 0.2) is 0 Å². The van der Waals surface area contributed by atoms with Gasteiger partial charge in [-0.05, 0) is 70.4 Å². The molecule has 0 aliphatic carbocycles. The molecule has 1 aromatic carbocycles. The van der Waals surface area contributed by atoms with E-state index in [4.69, 9.17) is 5.73 Å². The SMILES string of the molecule is NCC(Cc1ccc(Br)cc1)Cc1sccc1Br. The fourth-order valence-corrected chi connectivity index (χ4v) is 3.82. The zero-order chi connectivity index (χ0) is 13.0. The fourth-order valence-electron chi connectivity index (χ4n) is 1.93. The molecule has 1 atom stereocenters. The van der Waals surface area contributed by atoms with Gasteiger partial charge < -0.3 is 5.73 Å². The lowest BCUT2D eigenvalue weighted by atomic mass is 9.96. The Morgan fingerprint density at radius 3 is 2.33 bits per heavy atom. The largest absolute Gasteiger partial charge is 0.330 e. The molecular formula is C14H15Br2NS. The summed E-state index contributed by atoms with van der Waals surface area (Å²) >= 11 is 8.84. The van der Waals surface area contributed by atoms with Gasteiger partial charge in [-0.25, -0.2) is 0 Å². The van der Waals surface area contributed by atoms with E-state index >= 15 is 0 Å². The molecule has 4 heteroatoms. The number of hydrogen-bond acceptors (Lipinski definition) is 2. The van der Waals surface area contributed by atoms with Crippen LogP contribution in [0.3, 0.4) is 0 Å². The predicted octanol–water partition coefficient (Wildman–Crippen LogP) is 4.63. The number of thiophene rings is 1. The maximum absolute atomic E-state index is 5.90. The standard InChI is InChI=1S/C14H15Br2NS/c15-12-3-1-10(2-4-12)7-11(9-17)8-14-13(16)5-6-18-14/h1-6,11H,7-9,17H2. The third kappa shape index (κ3) is 3.92. The summed E-state index contributed by atoms with van der Waals surface area (Å²) < 4.78 is 2.33. The second-order valence-corrected chi connectivity index (χ2v) is 7.10. The first kappa shape index (κ1) is 14.3. The van der Waals surface area contributed by atoms with Gasteiger partial charge in [0.1, 0.15) is 0 Å². The van der Waals surface area contributed by atoms with Crippen LogP contribution >= 0.6 is 43.2 Å². The Balaban J connectivity index is 2.01. The zero-order valence-corrected chi connectivity index (χ0v) is 13.9. The lowest BCUT2D eigenvalue weighted by Gasteiger charge is -2.14. The zero-order valence-electron chi connectivity index (χ0n) is 9.90. The Morgan fingerprint density at radius 1 is 1.06 bits per heavy atom. The van der Waals surface area contributed by atoms with E-state index < -0.39 is 0 Å². The number of rotatable bonds is 5. The van der Waals surface area contributed by atoms with E-state index in [0.717, 1.165) is 23.9 Å². The van der Waals surface area contributed by atoms with Crippen molar-refractivity contribution >= 4 is 43.2 Å². The van der Waals surface area contributed by atoms with Crippen molar-refractivity contribution in [1.82, 2.24) is 0 Å². The first-order valence-electron chi connectivity index (χ1n) is 5.85. The Hall–Kier alpha value is -0.160. The van der Waals surface area contributed by atoms with Crippen molar-refractivity contribution in [2.45, 2.75) is 12.8 Å². The van der Waals surface area contributed by atoms with Crippen molar-refractivity contribution in [2.75, 3.05) is 6.54 Å². The summed E-state index contributed by atoms with van der Waals surface area (Å²) in [7, 11) is 0. The topological polar surface area (TPSA) is 26.0 Å². The molecule has 2 rings (SSSR count). The third-order valence-corrected chi connectivity index (χ3v) is 5.41. The quantitative estimate of drug-likeness (QED) is 0.793. The predicted molar refractivity (Wildman–Crippen MR) is 86.1 cm³/mol. The van der Waals surface area contributed by atoms with Crippen molar-refractivity contribution in [1.29, 1.82) is 0 Å². The summed E-state index contributed by atoms with van der Waals surface area (Å²) in [5.41, 5.74) is 7.25. The van der Waals surface area contributed by atoms with Gasteiger partial charge in [-0.15, -0.1) is 11.3 Å². The lowest BCUT2D eigenvalue weighted by Crippen LogP contribution is -2.19. The minimum absolute atomic E-state index is 0.501. The molecule has 0 saturated heterocycles. The van der Waals surface area contributed by atoms with Crippen LogP contribution < -0.4 is 5.73 Å². The van der Waals surface area contributed by atoms with Gasteiger partial charge in [0.25, 0.3) is 0 Å². The molecule has 0 amide bonds.